The molecular weight excluding hydrogens is 222 g/mol. The summed E-state index contributed by atoms with van der Waals surface area (Å²) in [5, 5.41) is 0. The Balaban J connectivity index is 2.31. The first kappa shape index (κ1) is 10.5. The quantitative estimate of drug-likeness (QED) is 0.614. The van der Waals surface area contributed by atoms with E-state index in [9.17, 15) is 4.79 Å². The predicted octanol–water partition coefficient (Wildman–Crippen LogP) is 2.18. The van der Waals surface area contributed by atoms with Crippen molar-refractivity contribution >= 4 is 24.3 Å². The number of hydrogen-bond acceptors (Lipinski definition) is 3. The van der Waals surface area contributed by atoms with Crippen molar-refractivity contribution in [3.05, 3.63) is 57.1 Å². The molecule has 0 aliphatic carbocycles. The van der Waals surface area contributed by atoms with Crippen LogP contribution in [0.5, 0.6) is 0 Å². The van der Waals surface area contributed by atoms with Crippen molar-refractivity contribution in [3.8, 4) is 0 Å². The van der Waals surface area contributed by atoms with Crippen molar-refractivity contribution < 1.29 is 0 Å². The van der Waals surface area contributed by atoms with Crippen LogP contribution < -0.4 is 5.56 Å². The molecule has 80 valence electrons. The number of hydrogen-bond donors (Lipinski definition) is 2. The zero-order chi connectivity index (χ0) is 11.4. The number of nitrogens with one attached hydrogen (secondary N) is 2. The van der Waals surface area contributed by atoms with E-state index in [1.54, 1.807) is 6.21 Å². The maximum absolute atomic E-state index is 11.1. The number of benzene rings is 1. The lowest BCUT2D eigenvalue weighted by Crippen LogP contribution is -2.04. The van der Waals surface area contributed by atoms with Gasteiger partial charge in [-0.3, -0.25) is 9.78 Å². The molecule has 0 atom stereocenters. The molecule has 1 aromatic carbocycles. The zero-order valence-corrected chi connectivity index (χ0v) is 9.12. The summed E-state index contributed by atoms with van der Waals surface area (Å²) in [4.78, 5) is 20.5. The molecule has 1 aromatic heterocycles. The van der Waals surface area contributed by atoms with Crippen LogP contribution in [0.1, 0.15) is 5.56 Å². The average molecular weight is 231 g/mol. The summed E-state index contributed by atoms with van der Waals surface area (Å²) in [6.45, 7) is 0. The van der Waals surface area contributed by atoms with Gasteiger partial charge in [0.25, 0.3) is 5.56 Å². The lowest BCUT2D eigenvalue weighted by atomic mass is 10.2. The first-order valence-corrected chi connectivity index (χ1v) is 5.08. The molecule has 0 fully saturated rings. The Morgan fingerprint density at radius 2 is 1.94 bits per heavy atom. The molecule has 0 aliphatic heterocycles. The highest BCUT2D eigenvalue weighted by atomic mass is 32.1. The Labute approximate surface area is 96.7 Å². The largest absolute Gasteiger partial charge is 0.317 e. The number of rotatable bonds is 2. The molecule has 0 saturated heterocycles. The van der Waals surface area contributed by atoms with E-state index < -0.39 is 0 Å². The first-order valence-electron chi connectivity index (χ1n) is 4.67. The van der Waals surface area contributed by atoms with Gasteiger partial charge in [-0.2, -0.15) is 0 Å². The van der Waals surface area contributed by atoms with Crippen LogP contribution in [0.2, 0.25) is 0 Å². The van der Waals surface area contributed by atoms with Crippen molar-refractivity contribution in [2.24, 2.45) is 4.99 Å². The van der Waals surface area contributed by atoms with Crippen LogP contribution in [0.4, 0.5) is 5.82 Å². The molecule has 0 amide bonds. The minimum Gasteiger partial charge on any atom is -0.317 e. The molecular formula is C11H9N3OS. The molecule has 4 nitrogen and oxygen atoms in total. The fraction of sp³-hybridized carbons (Fsp3) is 0. The van der Waals surface area contributed by atoms with Gasteiger partial charge in [-0.05, 0) is 17.8 Å². The van der Waals surface area contributed by atoms with Gasteiger partial charge in [0.15, 0.2) is 4.77 Å². The van der Waals surface area contributed by atoms with Crippen LogP contribution in [0, 0.1) is 4.77 Å². The normalized spacial score (nSPS) is 10.8. The van der Waals surface area contributed by atoms with Crippen LogP contribution >= 0.6 is 12.2 Å². The van der Waals surface area contributed by atoms with Gasteiger partial charge in [0, 0.05) is 12.3 Å². The second kappa shape index (κ2) is 4.67. The summed E-state index contributed by atoms with van der Waals surface area (Å²) in [5.74, 6) is 0.442. The number of nitrogens with zero attached hydrogens (tertiary/aromatic N) is 1. The third-order valence-corrected chi connectivity index (χ3v) is 2.10. The van der Waals surface area contributed by atoms with Crippen LogP contribution in [0.15, 0.2) is 46.2 Å². The van der Waals surface area contributed by atoms with E-state index in [2.05, 4.69) is 15.0 Å². The topological polar surface area (TPSA) is 61.0 Å². The number of aromatic nitrogens is 2. The molecule has 1 heterocycles. The Hall–Kier alpha value is -2.01. The summed E-state index contributed by atoms with van der Waals surface area (Å²) >= 11 is 4.83. The van der Waals surface area contributed by atoms with Gasteiger partial charge >= 0.3 is 0 Å². The van der Waals surface area contributed by atoms with Crippen molar-refractivity contribution in [1.29, 1.82) is 0 Å². The molecule has 0 saturated carbocycles. The summed E-state index contributed by atoms with van der Waals surface area (Å²) in [6.07, 6.45) is 1.67. The van der Waals surface area contributed by atoms with E-state index >= 15 is 0 Å². The van der Waals surface area contributed by atoms with Crippen molar-refractivity contribution in [1.82, 2.24) is 9.97 Å². The van der Waals surface area contributed by atoms with Crippen molar-refractivity contribution in [2.75, 3.05) is 0 Å². The predicted molar refractivity (Wildman–Crippen MR) is 65.9 cm³/mol. The summed E-state index contributed by atoms with van der Waals surface area (Å²) < 4.78 is 0.271. The molecule has 0 bridgehead atoms. The van der Waals surface area contributed by atoms with Gasteiger partial charge in [-0.25, -0.2) is 4.99 Å². The molecule has 0 unspecified atom stereocenters. The van der Waals surface area contributed by atoms with Crippen LogP contribution in [0.3, 0.4) is 0 Å². The van der Waals surface area contributed by atoms with E-state index in [-0.39, 0.29) is 10.3 Å². The van der Waals surface area contributed by atoms with E-state index in [0.717, 1.165) is 5.56 Å². The number of aromatic amines is 2. The van der Waals surface area contributed by atoms with Gasteiger partial charge in [0.1, 0.15) is 5.82 Å². The fourth-order valence-corrected chi connectivity index (χ4v) is 1.41. The third kappa shape index (κ3) is 2.74. The van der Waals surface area contributed by atoms with Crippen LogP contribution in [0.25, 0.3) is 0 Å². The highest BCUT2D eigenvalue weighted by Crippen LogP contribution is 2.03. The van der Waals surface area contributed by atoms with Crippen LogP contribution in [-0.2, 0) is 0 Å². The van der Waals surface area contributed by atoms with Gasteiger partial charge in [-0.1, -0.05) is 30.3 Å². The van der Waals surface area contributed by atoms with Gasteiger partial charge in [0.2, 0.25) is 0 Å². The second-order valence-corrected chi connectivity index (χ2v) is 3.55. The van der Waals surface area contributed by atoms with Crippen molar-refractivity contribution in [2.45, 2.75) is 0 Å². The SMILES string of the molecule is O=c1cc(N=Cc2ccccc2)[nH]c(=S)[nH]1. The maximum atomic E-state index is 11.1. The van der Waals surface area contributed by atoms with E-state index in [4.69, 9.17) is 12.2 Å². The molecule has 0 aliphatic rings. The maximum Gasteiger partial charge on any atom is 0.253 e. The van der Waals surface area contributed by atoms with E-state index in [0.29, 0.717) is 5.82 Å². The molecule has 16 heavy (non-hydrogen) atoms. The highest BCUT2D eigenvalue weighted by Gasteiger charge is 1.91. The second-order valence-electron chi connectivity index (χ2n) is 3.14. The lowest BCUT2D eigenvalue weighted by Gasteiger charge is -1.93. The third-order valence-electron chi connectivity index (χ3n) is 1.90. The standard InChI is InChI=1S/C11H9N3OS/c15-10-6-9(13-11(16)14-10)12-7-8-4-2-1-3-5-8/h1-7H,(H2,13,14,15,16). The molecule has 5 heteroatoms. The summed E-state index contributed by atoms with van der Waals surface area (Å²) in [7, 11) is 0. The Kier molecular flexibility index (Phi) is 3.07. The molecule has 2 aromatic rings. The minimum atomic E-state index is -0.260. The monoisotopic (exact) mass is 231 g/mol. The first-order chi connectivity index (χ1) is 7.74. The van der Waals surface area contributed by atoms with E-state index in [1.807, 2.05) is 30.3 Å². The van der Waals surface area contributed by atoms with Crippen LogP contribution in [-0.4, -0.2) is 16.2 Å². The highest BCUT2D eigenvalue weighted by molar-refractivity contribution is 7.71. The van der Waals surface area contributed by atoms with Gasteiger partial charge in [-0.15, -0.1) is 0 Å². The molecule has 2 rings (SSSR count). The number of aliphatic imine (C=N–C) groups is 1. The Morgan fingerprint density at radius 1 is 1.19 bits per heavy atom. The fourth-order valence-electron chi connectivity index (χ4n) is 1.21. The smallest absolute Gasteiger partial charge is 0.253 e. The Morgan fingerprint density at radius 3 is 2.62 bits per heavy atom. The number of H-pyrrole nitrogens is 2. The average Bonchev–Trinajstić information content (AvgIpc) is 2.27. The lowest BCUT2D eigenvalue weighted by molar-refractivity contribution is 1.08. The van der Waals surface area contributed by atoms with E-state index in [1.165, 1.54) is 6.07 Å². The van der Waals surface area contributed by atoms with Gasteiger partial charge in [0.05, 0.1) is 0 Å². The van der Waals surface area contributed by atoms with Crippen molar-refractivity contribution in [3.63, 3.8) is 0 Å². The Bertz CT molecular complexity index is 585. The summed E-state index contributed by atoms with van der Waals surface area (Å²) in [5.41, 5.74) is 0.700. The zero-order valence-electron chi connectivity index (χ0n) is 8.31. The molecule has 0 spiro atoms. The molecule has 0 radical (unpaired) electrons. The van der Waals surface area contributed by atoms with Gasteiger partial charge < -0.3 is 4.98 Å². The molecule has 2 N–H and O–H groups in total. The summed E-state index contributed by atoms with van der Waals surface area (Å²) in [6, 6.07) is 11.0. The minimum absolute atomic E-state index is 0.260.